The zero-order valence-electron chi connectivity index (χ0n) is 9.56. The molecule has 0 radical (unpaired) electrons. The molecule has 0 spiro atoms. The van der Waals surface area contributed by atoms with Crippen molar-refractivity contribution in [2.24, 2.45) is 0 Å². The Morgan fingerprint density at radius 1 is 0.800 bits per heavy atom. The Balaban J connectivity index is 2.79. The largest absolute Gasteiger partial charge is 0.418 e. The van der Waals surface area contributed by atoms with Gasteiger partial charge < -0.3 is 0 Å². The van der Waals surface area contributed by atoms with Gasteiger partial charge in [-0.05, 0) is 11.5 Å². The van der Waals surface area contributed by atoms with Crippen LogP contribution in [0.15, 0.2) is 40.9 Å². The highest BCUT2D eigenvalue weighted by Gasteiger charge is 2.58. The fraction of sp³-hybridized carbons (Fsp3) is 0.167. The Morgan fingerprint density at radius 3 is 1.80 bits per heavy atom. The maximum Gasteiger partial charge on any atom is 0.418 e. The summed E-state index contributed by atoms with van der Waals surface area (Å²) in [5.41, 5.74) is 0. The molecule has 0 saturated carbocycles. The van der Waals surface area contributed by atoms with E-state index in [1.54, 1.807) is 6.07 Å². The molecule has 0 aliphatic carbocycles. The quantitative estimate of drug-likeness (QED) is 0.440. The minimum absolute atomic E-state index is 0.0456. The first-order valence-corrected chi connectivity index (χ1v) is 7.37. The van der Waals surface area contributed by atoms with Crippen molar-refractivity contribution in [2.45, 2.75) is 11.8 Å². The fourth-order valence-electron chi connectivity index (χ4n) is 1.88. The van der Waals surface area contributed by atoms with Gasteiger partial charge in [-0.1, -0.05) is 46.3 Å². The predicted octanol–water partition coefficient (Wildman–Crippen LogP) is 5.75. The van der Waals surface area contributed by atoms with Crippen molar-refractivity contribution < 1.29 is 26.3 Å². The van der Waals surface area contributed by atoms with Crippen LogP contribution in [0.3, 0.4) is 0 Å². The Hall–Kier alpha value is -0.810. The molecule has 2 aromatic carbocycles. The zero-order chi connectivity index (χ0) is 15.1. The molecule has 0 unspecified atom stereocenters. The highest BCUT2D eigenvalue weighted by atomic mass is 79.9. The summed E-state index contributed by atoms with van der Waals surface area (Å²) in [6.07, 6.45) is 0. The summed E-state index contributed by atoms with van der Waals surface area (Å²) in [4.78, 5) is 0. The van der Waals surface area contributed by atoms with Gasteiger partial charge in [0.1, 0.15) is 7.92 Å². The molecule has 20 heavy (non-hydrogen) atoms. The highest BCUT2D eigenvalue weighted by Crippen LogP contribution is 2.64. The van der Waals surface area contributed by atoms with E-state index in [0.717, 1.165) is 6.07 Å². The summed E-state index contributed by atoms with van der Waals surface area (Å²) in [5, 5.41) is -0.446. The molecule has 0 aliphatic heterocycles. The number of rotatable bonds is 1. The summed E-state index contributed by atoms with van der Waals surface area (Å²) in [7, 11) is -4.28. The molecule has 0 bridgehead atoms. The second-order valence-corrected chi connectivity index (χ2v) is 6.91. The second-order valence-electron chi connectivity index (χ2n) is 3.89. The fourth-order valence-corrected chi connectivity index (χ4v) is 4.17. The number of halogens is 7. The summed E-state index contributed by atoms with van der Waals surface area (Å²) in [5.74, 6) is -10.7. The van der Waals surface area contributed by atoms with E-state index in [1.807, 2.05) is 0 Å². The van der Waals surface area contributed by atoms with Crippen molar-refractivity contribution in [3.8, 4) is 0 Å². The molecule has 0 fully saturated rings. The molecule has 108 valence electrons. The van der Waals surface area contributed by atoms with Crippen LogP contribution in [0.4, 0.5) is 26.3 Å². The molecule has 0 aromatic heterocycles. The molecule has 2 rings (SSSR count). The predicted molar refractivity (Wildman–Crippen MR) is 70.3 cm³/mol. The van der Waals surface area contributed by atoms with Crippen molar-refractivity contribution in [3.63, 3.8) is 0 Å². The first-order valence-electron chi connectivity index (χ1n) is 5.23. The number of hydrogen-bond acceptors (Lipinski definition) is 0. The van der Waals surface area contributed by atoms with E-state index in [1.165, 1.54) is 24.3 Å². The van der Waals surface area contributed by atoms with Gasteiger partial charge in [-0.25, -0.2) is 0 Å². The van der Waals surface area contributed by atoms with Crippen LogP contribution in [-0.4, -0.2) is 11.8 Å². The van der Waals surface area contributed by atoms with Crippen molar-refractivity contribution in [3.05, 3.63) is 40.9 Å². The van der Waals surface area contributed by atoms with Crippen molar-refractivity contribution in [1.82, 2.24) is 0 Å². The van der Waals surface area contributed by atoms with Crippen LogP contribution in [0.2, 0.25) is 0 Å². The lowest BCUT2D eigenvalue weighted by atomic mass is 10.1. The van der Waals surface area contributed by atoms with E-state index in [0.29, 0.717) is 5.39 Å². The van der Waals surface area contributed by atoms with Crippen LogP contribution in [0.1, 0.15) is 0 Å². The summed E-state index contributed by atoms with van der Waals surface area (Å²) in [6, 6.07) is 8.02. The SMILES string of the molecule is FC(F)(F)P(c1cccc2cccc(Br)c12)C(F)(F)F. The van der Waals surface area contributed by atoms with Crippen molar-refractivity contribution >= 4 is 39.9 Å². The Morgan fingerprint density at radius 2 is 1.30 bits per heavy atom. The molecule has 0 N–H and O–H groups in total. The summed E-state index contributed by atoms with van der Waals surface area (Å²) >= 11 is 3.03. The Bertz CT molecular complexity index is 615. The first kappa shape index (κ1) is 15.6. The van der Waals surface area contributed by atoms with Gasteiger partial charge in [-0.15, -0.1) is 0 Å². The van der Waals surface area contributed by atoms with E-state index in [9.17, 15) is 26.3 Å². The standard InChI is InChI=1S/C12H6BrF6P/c13-8-5-1-3-7-4-2-6-9(10(7)8)20(11(14,15)16)12(17,18)19/h1-6H. The molecule has 2 aromatic rings. The minimum Gasteiger partial charge on any atom is -0.166 e. The highest BCUT2D eigenvalue weighted by molar-refractivity contribution is 9.10. The van der Waals surface area contributed by atoms with Gasteiger partial charge in [0.25, 0.3) is 0 Å². The van der Waals surface area contributed by atoms with E-state index in [2.05, 4.69) is 15.9 Å². The zero-order valence-corrected chi connectivity index (χ0v) is 12.0. The van der Waals surface area contributed by atoms with Gasteiger partial charge in [-0.3, -0.25) is 0 Å². The van der Waals surface area contributed by atoms with Gasteiger partial charge in [0, 0.05) is 15.2 Å². The lowest BCUT2D eigenvalue weighted by Crippen LogP contribution is -2.26. The van der Waals surface area contributed by atoms with Crippen LogP contribution in [-0.2, 0) is 0 Å². The second kappa shape index (κ2) is 5.19. The molecule has 0 amide bonds. The molecular weight excluding hydrogens is 369 g/mol. The summed E-state index contributed by atoms with van der Waals surface area (Å²) < 4.78 is 77.3. The monoisotopic (exact) mass is 374 g/mol. The molecular formula is C12H6BrF6P. The molecule has 0 saturated heterocycles. The Kier molecular flexibility index (Phi) is 4.04. The third kappa shape index (κ3) is 2.93. The van der Waals surface area contributed by atoms with E-state index < -0.39 is 25.1 Å². The first-order chi connectivity index (χ1) is 9.12. The smallest absolute Gasteiger partial charge is 0.166 e. The average molecular weight is 375 g/mol. The number of alkyl halides is 6. The van der Waals surface area contributed by atoms with Crippen LogP contribution in [0.25, 0.3) is 10.8 Å². The molecule has 0 atom stereocenters. The molecule has 0 aliphatic rings. The third-order valence-corrected chi connectivity index (χ3v) is 5.11. The summed E-state index contributed by atoms with van der Waals surface area (Å²) in [6.45, 7) is 0. The lowest BCUT2D eigenvalue weighted by molar-refractivity contribution is -0.0811. The van der Waals surface area contributed by atoms with Crippen LogP contribution in [0, 0.1) is 0 Å². The van der Waals surface area contributed by atoms with Crippen LogP contribution < -0.4 is 5.30 Å². The minimum atomic E-state index is -5.34. The number of fused-ring (bicyclic) bond motifs is 1. The molecule has 0 nitrogen and oxygen atoms in total. The van der Waals surface area contributed by atoms with E-state index >= 15 is 0 Å². The van der Waals surface area contributed by atoms with Gasteiger partial charge in [0.05, 0.1) is 0 Å². The topological polar surface area (TPSA) is 0 Å². The van der Waals surface area contributed by atoms with Gasteiger partial charge in [-0.2, -0.15) is 26.3 Å². The van der Waals surface area contributed by atoms with Crippen molar-refractivity contribution in [1.29, 1.82) is 0 Å². The van der Waals surface area contributed by atoms with E-state index in [-0.39, 0.29) is 9.86 Å². The van der Waals surface area contributed by atoms with Gasteiger partial charge >= 0.3 is 11.8 Å². The van der Waals surface area contributed by atoms with Crippen molar-refractivity contribution in [2.75, 3.05) is 0 Å². The van der Waals surface area contributed by atoms with Gasteiger partial charge in [0.15, 0.2) is 0 Å². The number of hydrogen-bond donors (Lipinski definition) is 0. The normalized spacial score (nSPS) is 13.2. The van der Waals surface area contributed by atoms with Gasteiger partial charge in [0.2, 0.25) is 0 Å². The Labute approximate surface area is 119 Å². The average Bonchev–Trinajstić information content (AvgIpc) is 2.25. The third-order valence-electron chi connectivity index (χ3n) is 2.58. The maximum absolute atomic E-state index is 12.9. The lowest BCUT2D eigenvalue weighted by Gasteiger charge is -2.24. The van der Waals surface area contributed by atoms with Crippen LogP contribution >= 0.6 is 23.9 Å². The number of benzene rings is 2. The maximum atomic E-state index is 12.9. The van der Waals surface area contributed by atoms with E-state index in [4.69, 9.17) is 0 Å². The van der Waals surface area contributed by atoms with Crippen LogP contribution in [0.5, 0.6) is 0 Å². The molecule has 8 heteroatoms. The molecule has 0 heterocycles.